The number of likely N-dealkylation sites (N-methyl/N-ethyl adjacent to an activating group) is 1. The van der Waals surface area contributed by atoms with Crippen molar-refractivity contribution < 1.29 is 14.3 Å². The van der Waals surface area contributed by atoms with Crippen LogP contribution >= 0.6 is 0 Å². The van der Waals surface area contributed by atoms with Gasteiger partial charge in [-0.2, -0.15) is 0 Å². The molecule has 0 heterocycles. The van der Waals surface area contributed by atoms with E-state index in [2.05, 4.69) is 10.6 Å². The van der Waals surface area contributed by atoms with Crippen molar-refractivity contribution in [3.8, 4) is 5.75 Å². The van der Waals surface area contributed by atoms with E-state index in [0.29, 0.717) is 18.0 Å². The van der Waals surface area contributed by atoms with Crippen LogP contribution in [0.1, 0.15) is 45.4 Å². The number of nitrogens with one attached hydrogen (secondary N) is 2. The number of benzene rings is 1. The Balaban J connectivity index is 1.30. The fraction of sp³-hybridized carbons (Fsp3) is 0.652. The number of para-hydroxylation sites is 2. The van der Waals surface area contributed by atoms with Crippen LogP contribution in [0.3, 0.4) is 0 Å². The van der Waals surface area contributed by atoms with E-state index in [-0.39, 0.29) is 30.4 Å². The zero-order valence-corrected chi connectivity index (χ0v) is 17.6. The first-order valence-electron chi connectivity index (χ1n) is 10.9. The molecule has 2 N–H and O–H groups in total. The highest BCUT2D eigenvalue weighted by atomic mass is 16.5. The predicted molar refractivity (Wildman–Crippen MR) is 113 cm³/mol. The van der Waals surface area contributed by atoms with Gasteiger partial charge in [-0.15, -0.1) is 0 Å². The third-order valence-corrected chi connectivity index (χ3v) is 7.01. The Kier molecular flexibility index (Phi) is 5.81. The van der Waals surface area contributed by atoms with Gasteiger partial charge in [0.05, 0.1) is 25.9 Å². The van der Waals surface area contributed by atoms with Gasteiger partial charge >= 0.3 is 0 Å². The van der Waals surface area contributed by atoms with E-state index in [1.807, 2.05) is 36.1 Å². The molecule has 158 valence electrons. The minimum atomic E-state index is -0.140. The molecule has 0 unspecified atom stereocenters. The molecule has 29 heavy (non-hydrogen) atoms. The number of carbonyl (C=O) groups excluding carboxylic acids is 2. The van der Waals surface area contributed by atoms with E-state index >= 15 is 0 Å². The van der Waals surface area contributed by atoms with E-state index < -0.39 is 0 Å². The monoisotopic (exact) mass is 399 g/mol. The SMILES string of the molecule is CCN(CC(=O)Nc1ccccc1OC)CC(=O)NC12CC3CC(CC(C3)C1)C2. The molecule has 5 rings (SSSR count). The van der Waals surface area contributed by atoms with Crippen LogP contribution < -0.4 is 15.4 Å². The van der Waals surface area contributed by atoms with Crippen LogP contribution in [-0.2, 0) is 9.59 Å². The maximum absolute atomic E-state index is 12.8. The lowest BCUT2D eigenvalue weighted by Crippen LogP contribution is -2.61. The van der Waals surface area contributed by atoms with Crippen LogP contribution in [0.4, 0.5) is 5.69 Å². The molecule has 0 spiro atoms. The minimum Gasteiger partial charge on any atom is -0.495 e. The summed E-state index contributed by atoms with van der Waals surface area (Å²) < 4.78 is 5.28. The molecule has 4 aliphatic carbocycles. The summed E-state index contributed by atoms with van der Waals surface area (Å²) in [4.78, 5) is 27.2. The Morgan fingerprint density at radius 3 is 2.21 bits per heavy atom. The molecule has 1 aromatic carbocycles. The first-order valence-corrected chi connectivity index (χ1v) is 10.9. The first-order chi connectivity index (χ1) is 14.0. The molecule has 6 nitrogen and oxygen atoms in total. The highest BCUT2D eigenvalue weighted by Gasteiger charge is 2.51. The second kappa shape index (κ2) is 8.34. The van der Waals surface area contributed by atoms with Crippen molar-refractivity contribution in [3.63, 3.8) is 0 Å². The average molecular weight is 400 g/mol. The number of amides is 2. The van der Waals surface area contributed by atoms with Crippen LogP contribution in [0.2, 0.25) is 0 Å². The summed E-state index contributed by atoms with van der Waals surface area (Å²) in [6.45, 7) is 3.07. The van der Waals surface area contributed by atoms with Gasteiger partial charge in [0.1, 0.15) is 5.75 Å². The zero-order chi connectivity index (χ0) is 20.4. The Labute approximate surface area is 173 Å². The predicted octanol–water partition coefficient (Wildman–Crippen LogP) is 3.04. The van der Waals surface area contributed by atoms with E-state index in [1.165, 1.54) is 19.3 Å². The first kappa shape index (κ1) is 20.2. The Morgan fingerprint density at radius 1 is 1.03 bits per heavy atom. The number of rotatable bonds is 8. The van der Waals surface area contributed by atoms with Gasteiger partial charge in [0.2, 0.25) is 11.8 Å². The molecule has 6 heteroatoms. The van der Waals surface area contributed by atoms with Crippen LogP contribution in [-0.4, -0.2) is 49.0 Å². The molecule has 0 aliphatic heterocycles. The maximum atomic E-state index is 12.8. The molecule has 2 amide bonds. The summed E-state index contributed by atoms with van der Waals surface area (Å²) in [6, 6.07) is 7.34. The molecular weight excluding hydrogens is 366 g/mol. The fourth-order valence-corrected chi connectivity index (χ4v) is 6.22. The third kappa shape index (κ3) is 4.58. The quantitative estimate of drug-likeness (QED) is 0.705. The zero-order valence-electron chi connectivity index (χ0n) is 17.6. The lowest BCUT2D eigenvalue weighted by Gasteiger charge is -2.57. The number of nitrogens with zero attached hydrogens (tertiary/aromatic N) is 1. The van der Waals surface area contributed by atoms with E-state index in [4.69, 9.17) is 4.74 Å². The smallest absolute Gasteiger partial charge is 0.238 e. The van der Waals surface area contributed by atoms with Crippen molar-refractivity contribution in [3.05, 3.63) is 24.3 Å². The largest absolute Gasteiger partial charge is 0.495 e. The molecule has 4 aliphatic rings. The lowest BCUT2D eigenvalue weighted by molar-refractivity contribution is -0.128. The van der Waals surface area contributed by atoms with Crippen LogP contribution in [0.5, 0.6) is 5.75 Å². The second-order valence-electron chi connectivity index (χ2n) is 9.30. The molecule has 4 saturated carbocycles. The van der Waals surface area contributed by atoms with Gasteiger partial charge in [0.25, 0.3) is 0 Å². The second-order valence-corrected chi connectivity index (χ2v) is 9.30. The van der Waals surface area contributed by atoms with Gasteiger partial charge in [0, 0.05) is 5.54 Å². The molecule has 0 saturated heterocycles. The number of methoxy groups -OCH3 is 1. The highest BCUT2D eigenvalue weighted by Crippen LogP contribution is 2.55. The fourth-order valence-electron chi connectivity index (χ4n) is 6.22. The Hall–Kier alpha value is -2.08. The number of anilines is 1. The molecule has 1 aromatic rings. The summed E-state index contributed by atoms with van der Waals surface area (Å²) >= 11 is 0. The third-order valence-electron chi connectivity index (χ3n) is 7.01. The van der Waals surface area contributed by atoms with Gasteiger partial charge in [-0.1, -0.05) is 19.1 Å². The minimum absolute atomic E-state index is 0.0188. The van der Waals surface area contributed by atoms with Crippen LogP contribution in [0.25, 0.3) is 0 Å². The normalized spacial score (nSPS) is 29.7. The van der Waals surface area contributed by atoms with Crippen molar-refractivity contribution in [1.82, 2.24) is 10.2 Å². The average Bonchev–Trinajstić information content (AvgIpc) is 2.66. The summed E-state index contributed by atoms with van der Waals surface area (Å²) in [5.74, 6) is 2.95. The van der Waals surface area contributed by atoms with E-state index in [1.54, 1.807) is 7.11 Å². The summed E-state index contributed by atoms with van der Waals surface area (Å²) in [7, 11) is 1.58. The van der Waals surface area contributed by atoms with E-state index in [0.717, 1.165) is 37.0 Å². The van der Waals surface area contributed by atoms with Gasteiger partial charge < -0.3 is 15.4 Å². The van der Waals surface area contributed by atoms with Gasteiger partial charge in [0.15, 0.2) is 0 Å². The van der Waals surface area contributed by atoms with Gasteiger partial charge in [-0.25, -0.2) is 0 Å². The van der Waals surface area contributed by atoms with Crippen molar-refractivity contribution >= 4 is 17.5 Å². The molecule has 4 fully saturated rings. The van der Waals surface area contributed by atoms with Crippen LogP contribution in [0.15, 0.2) is 24.3 Å². The van der Waals surface area contributed by atoms with Gasteiger partial charge in [-0.05, 0) is 75.0 Å². The molecule has 0 aromatic heterocycles. The van der Waals surface area contributed by atoms with Crippen LogP contribution in [0, 0.1) is 17.8 Å². The lowest BCUT2D eigenvalue weighted by atomic mass is 9.53. The molecule has 0 atom stereocenters. The summed E-state index contributed by atoms with van der Waals surface area (Å²) in [5.41, 5.74) is 0.666. The molecule has 0 radical (unpaired) electrons. The number of hydrogen-bond acceptors (Lipinski definition) is 4. The summed E-state index contributed by atoms with van der Waals surface area (Å²) in [6.07, 6.45) is 7.51. The molecular formula is C23H33N3O3. The van der Waals surface area contributed by atoms with Gasteiger partial charge in [-0.3, -0.25) is 14.5 Å². The Bertz CT molecular complexity index is 728. The standard InChI is InChI=1S/C23H33N3O3/c1-3-26(14-21(27)24-19-6-4-5-7-20(19)29-2)15-22(28)25-23-11-16-8-17(12-23)10-18(9-16)13-23/h4-7,16-18H,3,8-15H2,1-2H3,(H,24,27)(H,25,28). The summed E-state index contributed by atoms with van der Waals surface area (Å²) in [5, 5.41) is 6.29. The Morgan fingerprint density at radius 2 is 1.62 bits per heavy atom. The number of carbonyl (C=O) groups is 2. The topological polar surface area (TPSA) is 70.7 Å². The van der Waals surface area contributed by atoms with Crippen molar-refractivity contribution in [2.45, 2.75) is 51.0 Å². The number of hydrogen-bond donors (Lipinski definition) is 2. The maximum Gasteiger partial charge on any atom is 0.238 e. The molecule has 4 bridgehead atoms. The highest BCUT2D eigenvalue weighted by molar-refractivity contribution is 5.94. The van der Waals surface area contributed by atoms with Crippen molar-refractivity contribution in [2.75, 3.05) is 32.1 Å². The number of ether oxygens (including phenoxy) is 1. The van der Waals surface area contributed by atoms with Crippen molar-refractivity contribution in [1.29, 1.82) is 0 Å². The van der Waals surface area contributed by atoms with E-state index in [9.17, 15) is 9.59 Å². The van der Waals surface area contributed by atoms with Crippen molar-refractivity contribution in [2.24, 2.45) is 17.8 Å².